The molecule has 3 rings (SSSR count). The lowest BCUT2D eigenvalue weighted by atomic mass is 10.1. The highest BCUT2D eigenvalue weighted by Gasteiger charge is 2.22. The highest BCUT2D eigenvalue weighted by atomic mass is 16.6. The van der Waals surface area contributed by atoms with Crippen molar-refractivity contribution in [3.05, 3.63) is 50.2 Å². The summed E-state index contributed by atoms with van der Waals surface area (Å²) >= 11 is 0. The fourth-order valence-electron chi connectivity index (χ4n) is 2.47. The molecule has 0 aliphatic rings. The van der Waals surface area contributed by atoms with Crippen LogP contribution in [0.1, 0.15) is 5.56 Å². The summed E-state index contributed by atoms with van der Waals surface area (Å²) in [5.41, 5.74) is -1.49. The minimum atomic E-state index is -0.992. The minimum Gasteiger partial charge on any atom is -0.507 e. The Morgan fingerprint density at radius 3 is 2.28 bits per heavy atom. The van der Waals surface area contributed by atoms with E-state index in [1.807, 2.05) is 0 Å². The molecule has 0 spiro atoms. The van der Waals surface area contributed by atoms with Gasteiger partial charge in [0.1, 0.15) is 16.7 Å². The van der Waals surface area contributed by atoms with Crippen molar-refractivity contribution in [3.8, 4) is 34.3 Å². The van der Waals surface area contributed by atoms with Gasteiger partial charge < -0.3 is 24.8 Å². The SMILES string of the molecule is Cc1cc(-c2oc3cc([N+](=O)[O-])cc(O)c3c(=O)c2O)cc(O)c1O. The molecule has 0 atom stereocenters. The fourth-order valence-corrected chi connectivity index (χ4v) is 2.47. The maximum atomic E-state index is 12.3. The van der Waals surface area contributed by atoms with Crippen molar-refractivity contribution in [2.24, 2.45) is 0 Å². The zero-order valence-electron chi connectivity index (χ0n) is 12.7. The van der Waals surface area contributed by atoms with Gasteiger partial charge in [-0.05, 0) is 24.6 Å². The van der Waals surface area contributed by atoms with Crippen LogP contribution in [0.25, 0.3) is 22.3 Å². The van der Waals surface area contributed by atoms with Gasteiger partial charge in [0.15, 0.2) is 17.3 Å². The van der Waals surface area contributed by atoms with Crippen LogP contribution in [0, 0.1) is 17.0 Å². The Morgan fingerprint density at radius 1 is 1.00 bits per heavy atom. The normalized spacial score (nSPS) is 10.9. The smallest absolute Gasteiger partial charge is 0.276 e. The Balaban J connectivity index is 2.39. The number of nitrogens with zero attached hydrogens (tertiary/aromatic N) is 1. The van der Waals surface area contributed by atoms with Gasteiger partial charge in [-0.3, -0.25) is 14.9 Å². The summed E-state index contributed by atoms with van der Waals surface area (Å²) in [5.74, 6) is -2.79. The lowest BCUT2D eigenvalue weighted by Gasteiger charge is -2.09. The lowest BCUT2D eigenvalue weighted by molar-refractivity contribution is -0.384. The van der Waals surface area contributed by atoms with Gasteiger partial charge in [0.2, 0.25) is 11.2 Å². The van der Waals surface area contributed by atoms with Crippen LogP contribution in [0.5, 0.6) is 23.0 Å². The van der Waals surface area contributed by atoms with Crippen molar-refractivity contribution in [3.63, 3.8) is 0 Å². The highest BCUT2D eigenvalue weighted by molar-refractivity contribution is 5.89. The molecule has 128 valence electrons. The second-order valence-electron chi connectivity index (χ2n) is 5.36. The van der Waals surface area contributed by atoms with Crippen LogP contribution in [0.3, 0.4) is 0 Å². The van der Waals surface area contributed by atoms with Crippen LogP contribution >= 0.6 is 0 Å². The lowest BCUT2D eigenvalue weighted by Crippen LogP contribution is -2.03. The molecule has 1 heterocycles. The van der Waals surface area contributed by atoms with Crippen molar-refractivity contribution in [1.82, 2.24) is 0 Å². The Hall–Kier alpha value is -3.75. The molecule has 25 heavy (non-hydrogen) atoms. The first-order chi connectivity index (χ1) is 11.7. The zero-order valence-corrected chi connectivity index (χ0v) is 12.7. The topological polar surface area (TPSA) is 154 Å². The average Bonchev–Trinajstić information content (AvgIpc) is 2.54. The molecule has 0 aliphatic heterocycles. The number of aryl methyl sites for hydroxylation is 1. The van der Waals surface area contributed by atoms with E-state index in [9.17, 15) is 35.3 Å². The molecule has 0 aliphatic carbocycles. The number of hydrogen-bond donors (Lipinski definition) is 4. The number of hydrogen-bond acceptors (Lipinski definition) is 8. The number of benzene rings is 2. The van der Waals surface area contributed by atoms with Gasteiger partial charge in [-0.25, -0.2) is 0 Å². The van der Waals surface area contributed by atoms with Crippen molar-refractivity contribution < 1.29 is 29.8 Å². The standard InChI is InChI=1S/C16H11NO8/c1-6-2-7(3-10(19)13(6)20)16-15(22)14(21)12-9(18)4-8(17(23)24)5-11(12)25-16/h2-5,18-20,22H,1H3. The number of rotatable bonds is 2. The maximum Gasteiger partial charge on any atom is 0.276 e. The number of nitro benzene ring substituents is 1. The predicted molar refractivity (Wildman–Crippen MR) is 86.0 cm³/mol. The van der Waals surface area contributed by atoms with Gasteiger partial charge in [-0.1, -0.05) is 0 Å². The third kappa shape index (κ3) is 2.47. The number of nitro groups is 1. The summed E-state index contributed by atoms with van der Waals surface area (Å²) in [6, 6.07) is 4.11. The maximum absolute atomic E-state index is 12.3. The Bertz CT molecular complexity index is 1080. The van der Waals surface area contributed by atoms with E-state index in [2.05, 4.69) is 0 Å². The molecule has 0 amide bonds. The molecule has 0 saturated heterocycles. The van der Waals surface area contributed by atoms with Crippen LogP contribution in [0.4, 0.5) is 5.69 Å². The molecule has 2 aromatic carbocycles. The second kappa shape index (κ2) is 5.41. The summed E-state index contributed by atoms with van der Waals surface area (Å²) in [7, 11) is 0. The first-order valence-electron chi connectivity index (χ1n) is 6.90. The van der Waals surface area contributed by atoms with Gasteiger partial charge in [0.05, 0.1) is 17.1 Å². The van der Waals surface area contributed by atoms with Gasteiger partial charge in [0, 0.05) is 5.56 Å². The largest absolute Gasteiger partial charge is 0.507 e. The highest BCUT2D eigenvalue weighted by Crippen LogP contribution is 2.39. The van der Waals surface area contributed by atoms with E-state index in [1.165, 1.54) is 13.0 Å². The summed E-state index contributed by atoms with van der Waals surface area (Å²) in [6.45, 7) is 1.48. The summed E-state index contributed by atoms with van der Waals surface area (Å²) in [4.78, 5) is 22.4. The number of phenolic OH excluding ortho intramolecular Hbond substituents is 3. The van der Waals surface area contributed by atoms with Crippen LogP contribution < -0.4 is 5.43 Å². The van der Waals surface area contributed by atoms with E-state index in [1.54, 1.807) is 0 Å². The zero-order chi connectivity index (χ0) is 18.5. The van der Waals surface area contributed by atoms with Crippen LogP contribution in [-0.2, 0) is 0 Å². The van der Waals surface area contributed by atoms with Crippen LogP contribution in [0.15, 0.2) is 33.5 Å². The first kappa shape index (κ1) is 16.1. The summed E-state index contributed by atoms with van der Waals surface area (Å²) in [5, 5.41) is 49.7. The van der Waals surface area contributed by atoms with E-state index < -0.39 is 38.7 Å². The van der Waals surface area contributed by atoms with E-state index in [0.29, 0.717) is 0 Å². The average molecular weight is 345 g/mol. The summed E-state index contributed by atoms with van der Waals surface area (Å²) < 4.78 is 5.37. The van der Waals surface area contributed by atoms with Crippen molar-refractivity contribution in [2.75, 3.05) is 0 Å². The Kier molecular flexibility index (Phi) is 3.49. The quantitative estimate of drug-likeness (QED) is 0.314. The van der Waals surface area contributed by atoms with Crippen molar-refractivity contribution in [2.45, 2.75) is 6.92 Å². The van der Waals surface area contributed by atoms with Crippen LogP contribution in [-0.4, -0.2) is 25.3 Å². The van der Waals surface area contributed by atoms with E-state index in [-0.39, 0.29) is 28.2 Å². The molecule has 0 fully saturated rings. The second-order valence-corrected chi connectivity index (χ2v) is 5.36. The predicted octanol–water partition coefficient (Wildman–Crippen LogP) is 2.50. The molecule has 0 unspecified atom stereocenters. The molecule has 9 heteroatoms. The third-order valence-electron chi connectivity index (χ3n) is 3.69. The molecular weight excluding hydrogens is 334 g/mol. The van der Waals surface area contributed by atoms with Gasteiger partial charge in [-0.2, -0.15) is 0 Å². The monoisotopic (exact) mass is 345 g/mol. The summed E-state index contributed by atoms with van der Waals surface area (Å²) in [6.07, 6.45) is 0. The fraction of sp³-hybridized carbons (Fsp3) is 0.0625. The molecular formula is C16H11NO8. The number of phenols is 3. The third-order valence-corrected chi connectivity index (χ3v) is 3.69. The van der Waals surface area contributed by atoms with Crippen molar-refractivity contribution >= 4 is 16.7 Å². The molecule has 4 N–H and O–H groups in total. The van der Waals surface area contributed by atoms with Crippen molar-refractivity contribution in [1.29, 1.82) is 0 Å². The van der Waals surface area contributed by atoms with Gasteiger partial charge in [0.25, 0.3) is 5.69 Å². The Morgan fingerprint density at radius 2 is 1.68 bits per heavy atom. The van der Waals surface area contributed by atoms with E-state index >= 15 is 0 Å². The molecule has 3 aromatic rings. The number of non-ortho nitro benzene ring substituents is 1. The van der Waals surface area contributed by atoms with Gasteiger partial charge in [-0.15, -0.1) is 0 Å². The van der Waals surface area contributed by atoms with Crippen LogP contribution in [0.2, 0.25) is 0 Å². The van der Waals surface area contributed by atoms with E-state index in [0.717, 1.165) is 18.2 Å². The number of fused-ring (bicyclic) bond motifs is 1. The molecule has 0 bridgehead atoms. The van der Waals surface area contributed by atoms with E-state index in [4.69, 9.17) is 4.42 Å². The minimum absolute atomic E-state index is 0.0651. The van der Waals surface area contributed by atoms with Gasteiger partial charge >= 0.3 is 0 Å². The molecule has 9 nitrogen and oxygen atoms in total. The Labute approximate surface area is 138 Å². The first-order valence-corrected chi connectivity index (χ1v) is 6.90. The molecule has 1 aromatic heterocycles. The molecule has 0 radical (unpaired) electrons. The number of aromatic hydroxyl groups is 4. The molecule has 0 saturated carbocycles.